The van der Waals surface area contributed by atoms with E-state index in [9.17, 15) is 9.18 Å². The van der Waals surface area contributed by atoms with Gasteiger partial charge in [0.1, 0.15) is 5.82 Å². The molecule has 0 saturated carbocycles. The molecule has 2 nitrogen and oxygen atoms in total. The second kappa shape index (κ2) is 5.89. The number of halogens is 1. The number of benzene rings is 1. The Morgan fingerprint density at radius 3 is 2.56 bits per heavy atom. The quantitative estimate of drug-likeness (QED) is 0.798. The van der Waals surface area contributed by atoms with Gasteiger partial charge in [-0.3, -0.25) is 0 Å². The minimum atomic E-state index is -1.02. The topological polar surface area (TPSA) is 37.3 Å². The summed E-state index contributed by atoms with van der Waals surface area (Å²) in [5.41, 5.74) is 0.134. The summed E-state index contributed by atoms with van der Waals surface area (Å²) in [5, 5.41) is 9.15. The van der Waals surface area contributed by atoms with Gasteiger partial charge in [0.2, 0.25) is 0 Å². The van der Waals surface area contributed by atoms with E-state index in [4.69, 9.17) is 5.11 Å². The van der Waals surface area contributed by atoms with Crippen LogP contribution in [0.5, 0.6) is 0 Å². The molecule has 1 aromatic rings. The van der Waals surface area contributed by atoms with Crippen molar-refractivity contribution < 1.29 is 14.3 Å². The number of thioether (sulfide) groups is 1. The van der Waals surface area contributed by atoms with Gasteiger partial charge in [-0.1, -0.05) is 13.8 Å². The van der Waals surface area contributed by atoms with Crippen molar-refractivity contribution in [3.8, 4) is 0 Å². The Balaban J connectivity index is 2.93. The molecule has 0 saturated heterocycles. The fourth-order valence-corrected chi connectivity index (χ4v) is 2.43. The number of carboxylic acids is 1. The van der Waals surface area contributed by atoms with Gasteiger partial charge >= 0.3 is 5.97 Å². The Morgan fingerprint density at radius 2 is 2.06 bits per heavy atom. The van der Waals surface area contributed by atoms with Crippen molar-refractivity contribution in [3.05, 3.63) is 29.6 Å². The van der Waals surface area contributed by atoms with Crippen LogP contribution in [0.25, 0.3) is 0 Å². The van der Waals surface area contributed by atoms with Crippen molar-refractivity contribution in [1.82, 2.24) is 0 Å². The molecule has 88 valence electrons. The second-order valence-corrected chi connectivity index (χ2v) is 4.85. The van der Waals surface area contributed by atoms with Gasteiger partial charge in [-0.2, -0.15) is 0 Å². The van der Waals surface area contributed by atoms with Crippen LogP contribution in [-0.2, 0) is 0 Å². The van der Waals surface area contributed by atoms with Crippen molar-refractivity contribution >= 4 is 17.7 Å². The normalized spacial score (nSPS) is 10.8. The van der Waals surface area contributed by atoms with Crippen LogP contribution in [0, 0.1) is 5.82 Å². The van der Waals surface area contributed by atoms with Crippen LogP contribution in [0.4, 0.5) is 4.39 Å². The lowest BCUT2D eigenvalue weighted by Gasteiger charge is -2.12. The molecule has 0 aromatic heterocycles. The summed E-state index contributed by atoms with van der Waals surface area (Å²) in [6.45, 7) is 4.08. The Bertz CT molecular complexity index is 375. The fourth-order valence-electron chi connectivity index (χ4n) is 1.36. The Hall–Kier alpha value is -1.03. The van der Waals surface area contributed by atoms with Gasteiger partial charge in [0, 0.05) is 10.1 Å². The lowest BCUT2D eigenvalue weighted by Crippen LogP contribution is -2.01. The van der Waals surface area contributed by atoms with E-state index in [1.54, 1.807) is 0 Å². The molecular formula is C12H15FO2S. The van der Waals surface area contributed by atoms with Crippen molar-refractivity contribution in [2.75, 3.05) is 0 Å². The highest BCUT2D eigenvalue weighted by Gasteiger charge is 2.12. The van der Waals surface area contributed by atoms with E-state index in [1.165, 1.54) is 30.0 Å². The molecule has 1 rings (SSSR count). The molecule has 0 atom stereocenters. The van der Waals surface area contributed by atoms with E-state index < -0.39 is 5.97 Å². The van der Waals surface area contributed by atoms with Gasteiger partial charge in [-0.15, -0.1) is 11.8 Å². The van der Waals surface area contributed by atoms with E-state index in [2.05, 4.69) is 0 Å². The van der Waals surface area contributed by atoms with Gasteiger partial charge in [0.05, 0.1) is 5.56 Å². The third-order valence-electron chi connectivity index (χ3n) is 2.38. The van der Waals surface area contributed by atoms with Gasteiger partial charge in [-0.05, 0) is 31.0 Å². The maximum atomic E-state index is 13.5. The first-order valence-corrected chi connectivity index (χ1v) is 6.15. The number of carbonyl (C=O) groups is 1. The molecule has 0 aliphatic rings. The minimum Gasteiger partial charge on any atom is -0.478 e. The van der Waals surface area contributed by atoms with E-state index >= 15 is 0 Å². The Kier molecular flexibility index (Phi) is 4.80. The smallest absolute Gasteiger partial charge is 0.335 e. The van der Waals surface area contributed by atoms with Crippen LogP contribution < -0.4 is 0 Å². The number of rotatable bonds is 5. The van der Waals surface area contributed by atoms with E-state index in [-0.39, 0.29) is 11.4 Å². The molecule has 0 radical (unpaired) electrons. The first-order valence-electron chi connectivity index (χ1n) is 5.28. The molecule has 16 heavy (non-hydrogen) atoms. The van der Waals surface area contributed by atoms with Crippen LogP contribution >= 0.6 is 11.8 Å². The summed E-state index contributed by atoms with van der Waals surface area (Å²) in [6.07, 6.45) is 1.88. The van der Waals surface area contributed by atoms with Crippen molar-refractivity contribution in [2.24, 2.45) is 0 Å². The summed E-state index contributed by atoms with van der Waals surface area (Å²) in [7, 11) is 0. The molecule has 0 aliphatic carbocycles. The van der Waals surface area contributed by atoms with E-state index in [0.717, 1.165) is 12.8 Å². The highest BCUT2D eigenvalue weighted by Crippen LogP contribution is 2.30. The minimum absolute atomic E-state index is 0.134. The molecule has 0 heterocycles. The molecular weight excluding hydrogens is 227 g/mol. The molecule has 0 fully saturated rings. The van der Waals surface area contributed by atoms with Gasteiger partial charge in [0.25, 0.3) is 0 Å². The van der Waals surface area contributed by atoms with Crippen molar-refractivity contribution in [1.29, 1.82) is 0 Å². The number of hydrogen-bond donors (Lipinski definition) is 1. The zero-order chi connectivity index (χ0) is 12.1. The standard InChI is InChI=1S/C12H15FO2S/c1-3-9(4-2)16-11-7-8(12(14)15)5-6-10(11)13/h5-7,9H,3-4H2,1-2H3,(H,14,15). The monoisotopic (exact) mass is 242 g/mol. The SMILES string of the molecule is CCC(CC)Sc1cc(C(=O)O)ccc1F. The van der Waals surface area contributed by atoms with Crippen LogP contribution in [0.1, 0.15) is 37.0 Å². The molecule has 1 aromatic carbocycles. The predicted molar refractivity (Wildman–Crippen MR) is 63.6 cm³/mol. The largest absolute Gasteiger partial charge is 0.478 e. The number of aromatic carboxylic acids is 1. The fraction of sp³-hybridized carbons (Fsp3) is 0.417. The van der Waals surface area contributed by atoms with Crippen molar-refractivity contribution in [2.45, 2.75) is 36.8 Å². The lowest BCUT2D eigenvalue weighted by atomic mass is 10.2. The first kappa shape index (κ1) is 13.0. The van der Waals surface area contributed by atoms with Crippen molar-refractivity contribution in [3.63, 3.8) is 0 Å². The first-order chi connectivity index (χ1) is 7.58. The molecule has 0 spiro atoms. The summed E-state index contributed by atoms with van der Waals surface area (Å²) >= 11 is 1.41. The zero-order valence-corrected chi connectivity index (χ0v) is 10.2. The van der Waals surface area contributed by atoms with Crippen LogP contribution in [0.15, 0.2) is 23.1 Å². The van der Waals surface area contributed by atoms with Gasteiger partial charge in [-0.25, -0.2) is 9.18 Å². The Labute approximate surface area is 98.9 Å². The maximum absolute atomic E-state index is 13.5. The van der Waals surface area contributed by atoms with E-state index in [1.807, 2.05) is 13.8 Å². The van der Waals surface area contributed by atoms with Gasteiger partial charge in [0.15, 0.2) is 0 Å². The summed E-state index contributed by atoms with van der Waals surface area (Å²) < 4.78 is 13.5. The highest BCUT2D eigenvalue weighted by atomic mass is 32.2. The summed E-state index contributed by atoms with van der Waals surface area (Å²) in [4.78, 5) is 11.2. The molecule has 0 bridgehead atoms. The maximum Gasteiger partial charge on any atom is 0.335 e. The molecule has 0 unspecified atom stereocenters. The average Bonchev–Trinajstić information content (AvgIpc) is 2.27. The zero-order valence-electron chi connectivity index (χ0n) is 9.37. The molecule has 1 N–H and O–H groups in total. The summed E-state index contributed by atoms with van der Waals surface area (Å²) in [6, 6.07) is 3.91. The lowest BCUT2D eigenvalue weighted by molar-refractivity contribution is 0.0696. The number of hydrogen-bond acceptors (Lipinski definition) is 2. The Morgan fingerprint density at radius 1 is 1.44 bits per heavy atom. The van der Waals surface area contributed by atoms with Crippen LogP contribution in [0.3, 0.4) is 0 Å². The van der Waals surface area contributed by atoms with E-state index in [0.29, 0.717) is 10.1 Å². The molecule has 0 amide bonds. The predicted octanol–water partition coefficient (Wildman–Crippen LogP) is 3.80. The van der Waals surface area contributed by atoms with Gasteiger partial charge < -0.3 is 5.11 Å². The highest BCUT2D eigenvalue weighted by molar-refractivity contribution is 8.00. The number of carboxylic acid groups (broad SMARTS) is 1. The second-order valence-electron chi connectivity index (χ2n) is 3.51. The third kappa shape index (κ3) is 3.23. The van der Waals surface area contributed by atoms with Crippen LogP contribution in [-0.4, -0.2) is 16.3 Å². The molecule has 0 aliphatic heterocycles. The molecule has 4 heteroatoms. The average molecular weight is 242 g/mol. The van der Waals surface area contributed by atoms with Crippen LogP contribution in [0.2, 0.25) is 0 Å². The summed E-state index contributed by atoms with van der Waals surface area (Å²) in [5.74, 6) is -1.37. The third-order valence-corrected chi connectivity index (χ3v) is 3.95.